The summed E-state index contributed by atoms with van der Waals surface area (Å²) in [5, 5.41) is 0. The molecule has 0 atom stereocenters. The molecule has 0 unspecified atom stereocenters. The Bertz CT molecular complexity index is 1740. The Morgan fingerprint density at radius 2 is 0.962 bits per heavy atom. The fourth-order valence-electron chi connectivity index (χ4n) is 7.52. The van der Waals surface area contributed by atoms with Gasteiger partial charge in [0.05, 0.1) is 32.8 Å². The lowest BCUT2D eigenvalue weighted by Crippen LogP contribution is -2.30. The van der Waals surface area contributed by atoms with Crippen LogP contribution >= 0.6 is 0 Å². The second kappa shape index (κ2) is 16.8. The van der Waals surface area contributed by atoms with Crippen LogP contribution in [0.5, 0.6) is 23.0 Å². The van der Waals surface area contributed by atoms with Crippen LogP contribution in [0.1, 0.15) is 108 Å². The molecule has 280 valence electrons. The first kappa shape index (κ1) is 39.2. The fourth-order valence-corrected chi connectivity index (χ4v) is 7.52. The second-order valence-electron chi connectivity index (χ2n) is 14.6. The lowest BCUT2D eigenvalue weighted by Gasteiger charge is -2.37. The summed E-state index contributed by atoms with van der Waals surface area (Å²) in [5.74, 6) is 2.74. The number of hydrogen-bond acceptors (Lipinski definition) is 6. The largest absolute Gasteiger partial charge is 0.493 e. The van der Waals surface area contributed by atoms with Gasteiger partial charge in [-0.05, 0) is 113 Å². The van der Waals surface area contributed by atoms with E-state index in [-0.39, 0.29) is 10.8 Å². The fraction of sp³-hybridized carbons (Fsp3) is 0.478. The zero-order valence-corrected chi connectivity index (χ0v) is 33.2. The first-order valence-electron chi connectivity index (χ1n) is 19.2. The van der Waals surface area contributed by atoms with Gasteiger partial charge in [0, 0.05) is 13.2 Å². The Labute approximate surface area is 312 Å². The summed E-state index contributed by atoms with van der Waals surface area (Å²) in [5.41, 5.74) is 9.09. The van der Waals surface area contributed by atoms with Crippen LogP contribution in [0.4, 0.5) is 0 Å². The maximum absolute atomic E-state index is 6.21. The number of methoxy groups -OCH3 is 2. The number of benzene rings is 4. The first-order valence-corrected chi connectivity index (χ1v) is 19.2. The molecule has 1 aliphatic rings. The summed E-state index contributed by atoms with van der Waals surface area (Å²) < 4.78 is 35.7. The molecule has 0 radical (unpaired) electrons. The molecule has 0 heterocycles. The lowest BCUT2D eigenvalue weighted by molar-refractivity contribution is 0.109. The lowest BCUT2D eigenvalue weighted by atomic mass is 9.65. The number of rotatable bonds is 19. The van der Waals surface area contributed by atoms with E-state index < -0.39 is 5.41 Å². The molecule has 0 N–H and O–H groups in total. The Balaban J connectivity index is 1.86. The molecular weight excluding hydrogens is 649 g/mol. The summed E-state index contributed by atoms with van der Waals surface area (Å²) in [6, 6.07) is 27.1. The third kappa shape index (κ3) is 7.30. The number of hydrogen-bond donors (Lipinski definition) is 0. The molecule has 52 heavy (non-hydrogen) atoms. The topological polar surface area (TPSA) is 55.4 Å². The molecule has 6 nitrogen and oxygen atoms in total. The SMILES string of the molecule is CCOCCOc1ccc(C2(c3ccc(OCCOCC)c(OC)c3)c3cc(C(C)(C)CC)ccc3-c3ccc(C(C)(CC)CC)cc32)cc1OC. The van der Waals surface area contributed by atoms with Crippen LogP contribution in [0.3, 0.4) is 0 Å². The minimum Gasteiger partial charge on any atom is -0.493 e. The normalized spacial score (nSPS) is 13.4. The van der Waals surface area contributed by atoms with Gasteiger partial charge in [0.25, 0.3) is 0 Å². The van der Waals surface area contributed by atoms with Crippen molar-refractivity contribution in [1.82, 2.24) is 0 Å². The maximum Gasteiger partial charge on any atom is 0.161 e. The molecule has 0 saturated carbocycles. The molecule has 6 heteroatoms. The second-order valence-corrected chi connectivity index (χ2v) is 14.6. The summed E-state index contributed by atoms with van der Waals surface area (Å²) in [6.07, 6.45) is 3.10. The van der Waals surface area contributed by atoms with Crippen molar-refractivity contribution in [3.8, 4) is 34.1 Å². The predicted octanol–water partition coefficient (Wildman–Crippen LogP) is 10.7. The summed E-state index contributed by atoms with van der Waals surface area (Å²) in [6.45, 7) is 21.1. The highest BCUT2D eigenvalue weighted by Gasteiger charge is 2.48. The quantitative estimate of drug-likeness (QED) is 0.0796. The zero-order chi connectivity index (χ0) is 37.5. The van der Waals surface area contributed by atoms with Crippen LogP contribution in [0, 0.1) is 0 Å². The summed E-state index contributed by atoms with van der Waals surface area (Å²) in [7, 11) is 3.42. The third-order valence-corrected chi connectivity index (χ3v) is 11.6. The average Bonchev–Trinajstić information content (AvgIpc) is 3.47. The minimum atomic E-state index is -0.711. The highest BCUT2D eigenvalue weighted by atomic mass is 16.5. The molecule has 0 fully saturated rings. The van der Waals surface area contributed by atoms with Gasteiger partial charge in [-0.1, -0.05) is 90.1 Å². The zero-order valence-electron chi connectivity index (χ0n) is 33.2. The minimum absolute atomic E-state index is 0.0183. The first-order chi connectivity index (χ1) is 25.1. The van der Waals surface area contributed by atoms with Crippen LogP contribution in [0.2, 0.25) is 0 Å². The molecule has 0 aromatic heterocycles. The van der Waals surface area contributed by atoms with Crippen LogP contribution in [-0.2, 0) is 25.7 Å². The predicted molar refractivity (Wildman–Crippen MR) is 212 cm³/mol. The molecule has 0 amide bonds. The Morgan fingerprint density at radius 1 is 0.500 bits per heavy atom. The van der Waals surface area contributed by atoms with E-state index in [4.69, 9.17) is 28.4 Å². The molecule has 0 bridgehead atoms. The van der Waals surface area contributed by atoms with E-state index in [0.717, 1.165) is 30.4 Å². The highest BCUT2D eigenvalue weighted by molar-refractivity contribution is 5.87. The van der Waals surface area contributed by atoms with Gasteiger partial charge >= 0.3 is 0 Å². The molecule has 1 aliphatic carbocycles. The van der Waals surface area contributed by atoms with Gasteiger partial charge in [-0.15, -0.1) is 0 Å². The summed E-state index contributed by atoms with van der Waals surface area (Å²) >= 11 is 0. The Hall–Kier alpha value is -4.00. The van der Waals surface area contributed by atoms with Crippen molar-refractivity contribution in [1.29, 1.82) is 0 Å². The van der Waals surface area contributed by atoms with Gasteiger partial charge < -0.3 is 28.4 Å². The number of fused-ring (bicyclic) bond motifs is 3. The van der Waals surface area contributed by atoms with Gasteiger partial charge in [0.1, 0.15) is 13.2 Å². The van der Waals surface area contributed by atoms with Crippen LogP contribution in [0.25, 0.3) is 11.1 Å². The molecular formula is C46H60O6. The molecule has 0 aliphatic heterocycles. The van der Waals surface area contributed by atoms with Gasteiger partial charge in [-0.2, -0.15) is 0 Å². The smallest absolute Gasteiger partial charge is 0.161 e. The average molecular weight is 709 g/mol. The van der Waals surface area contributed by atoms with Crippen molar-refractivity contribution in [3.63, 3.8) is 0 Å². The van der Waals surface area contributed by atoms with Crippen molar-refractivity contribution in [2.45, 2.75) is 90.9 Å². The molecule has 5 rings (SSSR count). The van der Waals surface area contributed by atoms with Crippen molar-refractivity contribution in [2.24, 2.45) is 0 Å². The van der Waals surface area contributed by atoms with Crippen LogP contribution in [0.15, 0.2) is 72.8 Å². The molecule has 0 spiro atoms. The number of ether oxygens (including phenoxy) is 6. The van der Waals surface area contributed by atoms with Crippen molar-refractivity contribution in [2.75, 3.05) is 53.9 Å². The van der Waals surface area contributed by atoms with Crippen molar-refractivity contribution in [3.05, 3.63) is 106 Å². The Kier molecular flexibility index (Phi) is 12.6. The van der Waals surface area contributed by atoms with Gasteiger partial charge in [0.15, 0.2) is 23.0 Å². The van der Waals surface area contributed by atoms with E-state index in [2.05, 4.69) is 102 Å². The Morgan fingerprint density at radius 3 is 1.38 bits per heavy atom. The van der Waals surface area contributed by atoms with Crippen LogP contribution < -0.4 is 18.9 Å². The van der Waals surface area contributed by atoms with E-state index in [0.29, 0.717) is 62.6 Å². The molecule has 0 saturated heterocycles. The highest BCUT2D eigenvalue weighted by Crippen LogP contribution is 2.59. The van der Waals surface area contributed by atoms with Crippen molar-refractivity contribution >= 4 is 0 Å². The third-order valence-electron chi connectivity index (χ3n) is 11.6. The van der Waals surface area contributed by atoms with Crippen molar-refractivity contribution < 1.29 is 28.4 Å². The van der Waals surface area contributed by atoms with E-state index in [1.165, 1.54) is 33.4 Å². The monoisotopic (exact) mass is 708 g/mol. The molecule has 4 aromatic rings. The van der Waals surface area contributed by atoms with E-state index in [1.54, 1.807) is 14.2 Å². The maximum atomic E-state index is 6.21. The summed E-state index contributed by atoms with van der Waals surface area (Å²) in [4.78, 5) is 0. The van der Waals surface area contributed by atoms with E-state index >= 15 is 0 Å². The molecule has 4 aromatic carbocycles. The van der Waals surface area contributed by atoms with Gasteiger partial charge in [-0.3, -0.25) is 0 Å². The van der Waals surface area contributed by atoms with Crippen LogP contribution in [-0.4, -0.2) is 53.9 Å². The van der Waals surface area contributed by atoms with Gasteiger partial charge in [0.2, 0.25) is 0 Å². The van der Waals surface area contributed by atoms with E-state index in [1.807, 2.05) is 26.0 Å². The van der Waals surface area contributed by atoms with Gasteiger partial charge in [-0.25, -0.2) is 0 Å². The standard InChI is InChI=1S/C46H60O6/c1-11-44(6,7)32-16-20-36-37-21-17-33(45(8,12-2)13-3)29-39(37)46(38(36)28-32,34-18-22-40(42(30-34)47-9)51-26-24-49-14-4)35-19-23-41(43(31-35)48-10)52-27-25-50-15-5/h16-23,28-31H,11-15,24-27H2,1-10H3. The van der Waals surface area contributed by atoms with E-state index in [9.17, 15) is 0 Å².